The van der Waals surface area contributed by atoms with Crippen LogP contribution in [-0.4, -0.2) is 34.3 Å². The number of rotatable bonds is 5. The average Bonchev–Trinajstić information content (AvgIpc) is 2.86. The van der Waals surface area contributed by atoms with Crippen LogP contribution in [0, 0.1) is 0 Å². The Labute approximate surface area is 153 Å². The van der Waals surface area contributed by atoms with Crippen molar-refractivity contribution in [3.63, 3.8) is 0 Å². The van der Waals surface area contributed by atoms with Gasteiger partial charge < -0.3 is 15.2 Å². The molecule has 0 radical (unpaired) electrons. The van der Waals surface area contributed by atoms with Crippen LogP contribution in [0.3, 0.4) is 0 Å². The maximum Gasteiger partial charge on any atom is 0.191 e. The summed E-state index contributed by atoms with van der Waals surface area (Å²) < 4.78 is 2.29. The van der Waals surface area contributed by atoms with Gasteiger partial charge in [-0.1, -0.05) is 30.2 Å². The van der Waals surface area contributed by atoms with E-state index in [9.17, 15) is 0 Å². The van der Waals surface area contributed by atoms with Crippen molar-refractivity contribution in [2.75, 3.05) is 13.6 Å². The summed E-state index contributed by atoms with van der Waals surface area (Å²) in [7, 11) is 1.78. The second-order valence-electron chi connectivity index (χ2n) is 6.22. The summed E-state index contributed by atoms with van der Waals surface area (Å²) in [5, 5.41) is 16.1. The normalized spacial score (nSPS) is 14.7. The molecule has 1 aromatic heterocycles. The molecule has 1 aliphatic heterocycles. The van der Waals surface area contributed by atoms with E-state index in [1.54, 1.807) is 7.05 Å². The maximum atomic E-state index is 5.91. The number of hydrogen-bond donors (Lipinski definition) is 2. The summed E-state index contributed by atoms with van der Waals surface area (Å²) in [5.74, 6) is 2.99. The molecule has 0 saturated carbocycles. The quantitative estimate of drug-likeness (QED) is 0.635. The van der Waals surface area contributed by atoms with Gasteiger partial charge in [-0.05, 0) is 30.5 Å². The first-order valence-corrected chi connectivity index (χ1v) is 9.24. The van der Waals surface area contributed by atoms with Crippen molar-refractivity contribution in [1.82, 2.24) is 25.4 Å². The van der Waals surface area contributed by atoms with Crippen molar-refractivity contribution in [2.24, 2.45) is 4.99 Å². The van der Waals surface area contributed by atoms with Gasteiger partial charge in [-0.3, -0.25) is 4.99 Å². The SMILES string of the molecule is CN=C(NCCc1nnc2n1CCCCC2)NCc1ccc(Cl)cc1. The first-order valence-electron chi connectivity index (χ1n) is 8.86. The highest BCUT2D eigenvalue weighted by Crippen LogP contribution is 2.14. The molecule has 2 aromatic rings. The van der Waals surface area contributed by atoms with Gasteiger partial charge in [-0.15, -0.1) is 10.2 Å². The molecular weight excluding hydrogens is 336 g/mol. The Hall–Kier alpha value is -2.08. The molecule has 0 aliphatic carbocycles. The van der Waals surface area contributed by atoms with Crippen LogP contribution in [0.15, 0.2) is 29.3 Å². The zero-order valence-electron chi connectivity index (χ0n) is 14.6. The number of aromatic nitrogens is 3. The molecule has 0 saturated heterocycles. The summed E-state index contributed by atoms with van der Waals surface area (Å²) >= 11 is 5.91. The van der Waals surface area contributed by atoms with Gasteiger partial charge in [0.1, 0.15) is 11.6 Å². The fourth-order valence-electron chi connectivity index (χ4n) is 3.03. The monoisotopic (exact) mass is 360 g/mol. The minimum atomic E-state index is 0.706. The van der Waals surface area contributed by atoms with Crippen molar-refractivity contribution in [2.45, 2.75) is 45.2 Å². The number of nitrogens with one attached hydrogen (secondary N) is 2. The standard InChI is InChI=1S/C18H25ClN6/c1-20-18(22-13-14-6-8-15(19)9-7-14)21-11-10-17-24-23-16-5-3-2-4-12-25(16)17/h6-9H,2-5,10-13H2,1H3,(H2,20,21,22). The van der Waals surface area contributed by atoms with E-state index in [0.717, 1.165) is 54.1 Å². The Morgan fingerprint density at radius 1 is 1.16 bits per heavy atom. The minimum absolute atomic E-state index is 0.706. The maximum absolute atomic E-state index is 5.91. The van der Waals surface area contributed by atoms with E-state index in [-0.39, 0.29) is 0 Å². The molecule has 0 amide bonds. The highest BCUT2D eigenvalue weighted by Gasteiger charge is 2.14. The van der Waals surface area contributed by atoms with Crippen molar-refractivity contribution in [3.8, 4) is 0 Å². The second kappa shape index (κ2) is 8.85. The Balaban J connectivity index is 1.47. The Bertz CT molecular complexity index is 707. The molecule has 6 nitrogen and oxygen atoms in total. The van der Waals surface area contributed by atoms with E-state index in [0.29, 0.717) is 6.54 Å². The smallest absolute Gasteiger partial charge is 0.191 e. The lowest BCUT2D eigenvalue weighted by molar-refractivity contribution is 0.600. The number of benzene rings is 1. The Morgan fingerprint density at radius 2 is 2.00 bits per heavy atom. The molecule has 0 unspecified atom stereocenters. The molecule has 25 heavy (non-hydrogen) atoms. The van der Waals surface area contributed by atoms with Crippen molar-refractivity contribution < 1.29 is 0 Å². The first-order chi connectivity index (χ1) is 12.3. The summed E-state index contributed by atoms with van der Waals surface area (Å²) in [5.41, 5.74) is 1.16. The number of aliphatic imine (C=N–C) groups is 1. The van der Waals surface area contributed by atoms with Crippen molar-refractivity contribution in [3.05, 3.63) is 46.5 Å². The van der Waals surface area contributed by atoms with Gasteiger partial charge in [-0.25, -0.2) is 0 Å². The van der Waals surface area contributed by atoms with Crippen LogP contribution in [0.4, 0.5) is 0 Å². The zero-order chi connectivity index (χ0) is 17.5. The van der Waals surface area contributed by atoms with Crippen molar-refractivity contribution in [1.29, 1.82) is 0 Å². The number of aryl methyl sites for hydroxylation is 1. The van der Waals surface area contributed by atoms with E-state index >= 15 is 0 Å². The van der Waals surface area contributed by atoms with Crippen LogP contribution < -0.4 is 10.6 Å². The van der Waals surface area contributed by atoms with Gasteiger partial charge in [0.2, 0.25) is 0 Å². The van der Waals surface area contributed by atoms with E-state index in [4.69, 9.17) is 11.6 Å². The van der Waals surface area contributed by atoms with Crippen LogP contribution in [0.1, 0.15) is 36.5 Å². The second-order valence-corrected chi connectivity index (χ2v) is 6.66. The largest absolute Gasteiger partial charge is 0.356 e. The molecular formula is C18H25ClN6. The highest BCUT2D eigenvalue weighted by molar-refractivity contribution is 6.30. The lowest BCUT2D eigenvalue weighted by Crippen LogP contribution is -2.38. The fraction of sp³-hybridized carbons (Fsp3) is 0.500. The topological polar surface area (TPSA) is 67.1 Å². The molecule has 1 aromatic carbocycles. The summed E-state index contributed by atoms with van der Waals surface area (Å²) in [4.78, 5) is 4.27. The number of halogens is 1. The fourth-order valence-corrected chi connectivity index (χ4v) is 3.16. The van der Waals surface area contributed by atoms with Crippen LogP contribution in [-0.2, 0) is 25.9 Å². The molecule has 1 aliphatic rings. The van der Waals surface area contributed by atoms with E-state index < -0.39 is 0 Å². The van der Waals surface area contributed by atoms with Crippen LogP contribution in [0.25, 0.3) is 0 Å². The summed E-state index contributed by atoms with van der Waals surface area (Å²) in [6, 6.07) is 7.81. The van der Waals surface area contributed by atoms with E-state index in [1.165, 1.54) is 19.3 Å². The number of hydrogen-bond acceptors (Lipinski definition) is 3. The van der Waals surface area contributed by atoms with Crippen LogP contribution in [0.2, 0.25) is 5.02 Å². The third-order valence-electron chi connectivity index (χ3n) is 4.42. The van der Waals surface area contributed by atoms with Gasteiger partial charge in [-0.2, -0.15) is 0 Å². The zero-order valence-corrected chi connectivity index (χ0v) is 15.4. The van der Waals surface area contributed by atoms with Crippen LogP contribution in [0.5, 0.6) is 0 Å². The molecule has 3 rings (SSSR count). The highest BCUT2D eigenvalue weighted by atomic mass is 35.5. The third-order valence-corrected chi connectivity index (χ3v) is 4.68. The predicted octanol–water partition coefficient (Wildman–Crippen LogP) is 2.57. The van der Waals surface area contributed by atoms with E-state index in [2.05, 4.69) is 30.4 Å². The van der Waals surface area contributed by atoms with Gasteiger partial charge in [0.05, 0.1) is 0 Å². The molecule has 0 bridgehead atoms. The predicted molar refractivity (Wildman–Crippen MR) is 101 cm³/mol. The number of nitrogens with zero attached hydrogens (tertiary/aromatic N) is 4. The van der Waals surface area contributed by atoms with Crippen LogP contribution >= 0.6 is 11.6 Å². The molecule has 0 spiro atoms. The minimum Gasteiger partial charge on any atom is -0.356 e. The number of guanidine groups is 1. The Kier molecular flexibility index (Phi) is 6.28. The molecule has 7 heteroatoms. The molecule has 0 fully saturated rings. The molecule has 2 N–H and O–H groups in total. The lowest BCUT2D eigenvalue weighted by Gasteiger charge is -2.12. The Morgan fingerprint density at radius 3 is 2.80 bits per heavy atom. The van der Waals surface area contributed by atoms with Gasteiger partial charge >= 0.3 is 0 Å². The lowest BCUT2D eigenvalue weighted by atomic mass is 10.2. The summed E-state index contributed by atoms with van der Waals surface area (Å²) in [6.45, 7) is 2.52. The van der Waals surface area contributed by atoms with E-state index in [1.807, 2.05) is 24.3 Å². The molecule has 0 atom stereocenters. The van der Waals surface area contributed by atoms with Gasteiger partial charge in [0.25, 0.3) is 0 Å². The number of fused-ring (bicyclic) bond motifs is 1. The third kappa shape index (κ3) is 4.95. The van der Waals surface area contributed by atoms with Crippen molar-refractivity contribution >= 4 is 17.6 Å². The van der Waals surface area contributed by atoms with Gasteiger partial charge in [0.15, 0.2) is 5.96 Å². The molecule has 134 valence electrons. The summed E-state index contributed by atoms with van der Waals surface area (Å²) in [6.07, 6.45) is 5.61. The first kappa shape index (κ1) is 17.7. The molecule has 2 heterocycles. The average molecular weight is 361 g/mol. The van der Waals surface area contributed by atoms with Gasteiger partial charge in [0, 0.05) is 44.5 Å².